The highest BCUT2D eigenvalue weighted by Gasteiger charge is 2.33. The van der Waals surface area contributed by atoms with Crippen LogP contribution >= 0.6 is 0 Å². The van der Waals surface area contributed by atoms with Crippen LogP contribution in [0.1, 0.15) is 6.92 Å². The van der Waals surface area contributed by atoms with Crippen LogP contribution < -0.4 is 9.80 Å². The van der Waals surface area contributed by atoms with Crippen LogP contribution in [0.15, 0.2) is 42.7 Å². The van der Waals surface area contributed by atoms with Crippen LogP contribution in [0.5, 0.6) is 0 Å². The highest BCUT2D eigenvalue weighted by atomic mass is 15.4. The molecule has 1 aliphatic heterocycles. The summed E-state index contributed by atoms with van der Waals surface area (Å²) in [6.45, 7) is 2.15. The molecule has 0 unspecified atom stereocenters. The smallest absolute Gasteiger partial charge is 0.178 e. The normalized spacial score (nSPS) is 18.4. The van der Waals surface area contributed by atoms with Gasteiger partial charge in [0.2, 0.25) is 0 Å². The van der Waals surface area contributed by atoms with Crippen molar-refractivity contribution in [2.45, 2.75) is 13.1 Å². The lowest BCUT2D eigenvalue weighted by Gasteiger charge is -2.26. The number of hydrogen-bond acceptors (Lipinski definition) is 4. The number of para-hydroxylation sites is 1. The zero-order valence-corrected chi connectivity index (χ0v) is 9.91. The van der Waals surface area contributed by atoms with E-state index >= 15 is 0 Å². The fourth-order valence-corrected chi connectivity index (χ4v) is 2.20. The SMILES string of the molecule is C[C@H]1N(C)c2nccnc2N1c1ccccc1. The largest absolute Gasteiger partial charge is 0.336 e. The van der Waals surface area contributed by atoms with Gasteiger partial charge in [-0.3, -0.25) is 0 Å². The molecule has 4 nitrogen and oxygen atoms in total. The lowest BCUT2D eigenvalue weighted by molar-refractivity contribution is 0.727. The van der Waals surface area contributed by atoms with Gasteiger partial charge in [0.1, 0.15) is 6.17 Å². The van der Waals surface area contributed by atoms with Crippen molar-refractivity contribution in [1.29, 1.82) is 0 Å². The number of fused-ring (bicyclic) bond motifs is 1. The molecule has 0 saturated heterocycles. The Hall–Kier alpha value is -2.10. The maximum Gasteiger partial charge on any atom is 0.178 e. The van der Waals surface area contributed by atoms with Crippen molar-refractivity contribution in [3.63, 3.8) is 0 Å². The van der Waals surface area contributed by atoms with Crippen LogP contribution in [0.25, 0.3) is 0 Å². The lowest BCUT2D eigenvalue weighted by atomic mass is 10.3. The average molecular weight is 226 g/mol. The third-order valence-corrected chi connectivity index (χ3v) is 3.19. The standard InChI is InChI=1S/C13H14N4/c1-10-16(2)12-13(15-9-8-14-12)17(10)11-6-4-3-5-7-11/h3-10H,1-2H3/t10-/m0/s1. The van der Waals surface area contributed by atoms with Gasteiger partial charge in [-0.2, -0.15) is 0 Å². The van der Waals surface area contributed by atoms with Gasteiger partial charge in [0.25, 0.3) is 0 Å². The quantitative estimate of drug-likeness (QED) is 0.747. The number of hydrogen-bond donors (Lipinski definition) is 0. The first-order chi connectivity index (χ1) is 8.29. The minimum absolute atomic E-state index is 0.231. The van der Waals surface area contributed by atoms with Gasteiger partial charge < -0.3 is 9.80 Å². The first-order valence-electron chi connectivity index (χ1n) is 5.67. The van der Waals surface area contributed by atoms with Gasteiger partial charge in [-0.15, -0.1) is 0 Å². The Morgan fingerprint density at radius 1 is 1.00 bits per heavy atom. The molecule has 0 fully saturated rings. The predicted octanol–water partition coefficient (Wildman–Crippen LogP) is 2.41. The molecule has 0 saturated carbocycles. The Morgan fingerprint density at radius 2 is 1.65 bits per heavy atom. The van der Waals surface area contributed by atoms with Crippen LogP contribution in [-0.2, 0) is 0 Å². The maximum absolute atomic E-state index is 4.44. The van der Waals surface area contributed by atoms with Crippen LogP contribution in [-0.4, -0.2) is 23.2 Å². The molecular weight excluding hydrogens is 212 g/mol. The zero-order valence-electron chi connectivity index (χ0n) is 9.91. The Morgan fingerprint density at radius 3 is 2.35 bits per heavy atom. The van der Waals surface area contributed by atoms with Crippen LogP contribution in [0.3, 0.4) is 0 Å². The van der Waals surface area contributed by atoms with E-state index in [1.165, 1.54) is 0 Å². The van der Waals surface area contributed by atoms with Crippen molar-refractivity contribution in [2.24, 2.45) is 0 Å². The van der Waals surface area contributed by atoms with Crippen molar-refractivity contribution in [2.75, 3.05) is 16.8 Å². The molecule has 0 amide bonds. The van der Waals surface area contributed by atoms with E-state index < -0.39 is 0 Å². The van der Waals surface area contributed by atoms with E-state index in [-0.39, 0.29) is 6.17 Å². The second-order valence-corrected chi connectivity index (χ2v) is 4.15. The molecule has 86 valence electrons. The summed E-state index contributed by atoms with van der Waals surface area (Å²) in [6.07, 6.45) is 3.70. The molecule has 2 heterocycles. The highest BCUT2D eigenvalue weighted by Crippen LogP contribution is 2.39. The highest BCUT2D eigenvalue weighted by molar-refractivity contribution is 5.77. The van der Waals surface area contributed by atoms with Gasteiger partial charge >= 0.3 is 0 Å². The molecule has 2 aromatic rings. The van der Waals surface area contributed by atoms with E-state index in [2.05, 4.69) is 38.8 Å². The molecule has 3 rings (SSSR count). The summed E-state index contributed by atoms with van der Waals surface area (Å²) < 4.78 is 0. The molecule has 0 aliphatic carbocycles. The number of anilines is 3. The Bertz CT molecular complexity index is 526. The van der Waals surface area contributed by atoms with E-state index in [4.69, 9.17) is 0 Å². The van der Waals surface area contributed by atoms with Gasteiger partial charge in [0.05, 0.1) is 0 Å². The number of rotatable bonds is 1. The monoisotopic (exact) mass is 226 g/mol. The minimum Gasteiger partial charge on any atom is -0.336 e. The van der Waals surface area contributed by atoms with Gasteiger partial charge in [0, 0.05) is 25.1 Å². The number of aromatic nitrogens is 2. The summed E-state index contributed by atoms with van der Waals surface area (Å²) in [5.41, 5.74) is 1.14. The first-order valence-corrected chi connectivity index (χ1v) is 5.67. The molecule has 1 aromatic heterocycles. The minimum atomic E-state index is 0.231. The van der Waals surface area contributed by atoms with E-state index in [0.29, 0.717) is 0 Å². The molecule has 1 aliphatic rings. The van der Waals surface area contributed by atoms with E-state index in [0.717, 1.165) is 17.3 Å². The van der Waals surface area contributed by atoms with Crippen LogP contribution in [0.2, 0.25) is 0 Å². The summed E-state index contributed by atoms with van der Waals surface area (Å²) in [7, 11) is 2.04. The van der Waals surface area contributed by atoms with Gasteiger partial charge in [0.15, 0.2) is 11.6 Å². The molecule has 4 heteroatoms. The summed E-state index contributed by atoms with van der Waals surface area (Å²) >= 11 is 0. The third kappa shape index (κ3) is 1.45. The Balaban J connectivity index is 2.13. The summed E-state index contributed by atoms with van der Waals surface area (Å²) in [5, 5.41) is 0. The third-order valence-electron chi connectivity index (χ3n) is 3.19. The fourth-order valence-electron chi connectivity index (χ4n) is 2.20. The van der Waals surface area contributed by atoms with Gasteiger partial charge in [-0.05, 0) is 19.1 Å². The Kier molecular flexibility index (Phi) is 2.21. The lowest BCUT2D eigenvalue weighted by Crippen LogP contribution is -2.35. The number of benzene rings is 1. The van der Waals surface area contributed by atoms with Crippen molar-refractivity contribution in [1.82, 2.24) is 9.97 Å². The second kappa shape index (κ2) is 3.73. The van der Waals surface area contributed by atoms with Crippen molar-refractivity contribution < 1.29 is 0 Å². The maximum atomic E-state index is 4.44. The van der Waals surface area contributed by atoms with Crippen LogP contribution in [0, 0.1) is 0 Å². The van der Waals surface area contributed by atoms with Crippen LogP contribution in [0.4, 0.5) is 17.3 Å². The zero-order chi connectivity index (χ0) is 11.8. The number of nitrogens with zero attached hydrogens (tertiary/aromatic N) is 4. The van der Waals surface area contributed by atoms with Gasteiger partial charge in [-0.1, -0.05) is 18.2 Å². The van der Waals surface area contributed by atoms with E-state index in [1.807, 2.05) is 25.2 Å². The van der Waals surface area contributed by atoms with Gasteiger partial charge in [-0.25, -0.2) is 9.97 Å². The predicted molar refractivity (Wildman–Crippen MR) is 68.5 cm³/mol. The molecule has 0 radical (unpaired) electrons. The first kappa shape index (κ1) is 10.1. The molecule has 0 N–H and O–H groups in total. The molecule has 17 heavy (non-hydrogen) atoms. The summed E-state index contributed by atoms with van der Waals surface area (Å²) in [6, 6.07) is 10.3. The fraction of sp³-hybridized carbons (Fsp3) is 0.231. The van der Waals surface area contributed by atoms with Crippen molar-refractivity contribution in [3.05, 3.63) is 42.7 Å². The van der Waals surface area contributed by atoms with E-state index in [9.17, 15) is 0 Å². The van der Waals surface area contributed by atoms with Crippen molar-refractivity contribution >= 4 is 17.3 Å². The topological polar surface area (TPSA) is 32.3 Å². The average Bonchev–Trinajstić information content (AvgIpc) is 2.64. The molecule has 0 bridgehead atoms. The van der Waals surface area contributed by atoms with Crippen molar-refractivity contribution in [3.8, 4) is 0 Å². The molecule has 1 atom stereocenters. The second-order valence-electron chi connectivity index (χ2n) is 4.15. The Labute approximate surface area is 101 Å². The summed E-state index contributed by atoms with van der Waals surface area (Å²) in [4.78, 5) is 13.2. The molecule has 1 aromatic carbocycles. The summed E-state index contributed by atoms with van der Waals surface area (Å²) in [5.74, 6) is 1.86. The molecule has 0 spiro atoms. The van der Waals surface area contributed by atoms with E-state index in [1.54, 1.807) is 12.4 Å². The molecular formula is C13H14N4.